The van der Waals surface area contributed by atoms with Crippen molar-refractivity contribution in [2.45, 2.75) is 44.6 Å². The Balaban J connectivity index is 1.60. The van der Waals surface area contributed by atoms with Crippen LogP contribution in [0.2, 0.25) is 0 Å². The summed E-state index contributed by atoms with van der Waals surface area (Å²) in [5.74, 6) is 0.275. The maximum atomic E-state index is 12.7. The van der Waals surface area contributed by atoms with Gasteiger partial charge in [0.2, 0.25) is 0 Å². The van der Waals surface area contributed by atoms with E-state index in [1.54, 1.807) is 4.68 Å². The van der Waals surface area contributed by atoms with Crippen molar-refractivity contribution in [3.63, 3.8) is 0 Å². The number of piperidine rings is 1. The zero-order valence-corrected chi connectivity index (χ0v) is 14.3. The molecule has 2 aliphatic rings. The van der Waals surface area contributed by atoms with E-state index in [1.165, 1.54) is 6.42 Å². The van der Waals surface area contributed by atoms with Crippen LogP contribution in [-0.2, 0) is 11.8 Å². The molecule has 1 amide bonds. The number of carbonyl (C=O) groups excluding carboxylic acids is 1. The lowest BCUT2D eigenvalue weighted by Crippen LogP contribution is -2.44. The molecule has 1 N–H and O–H groups in total. The molecule has 2 fully saturated rings. The zero-order valence-electron chi connectivity index (χ0n) is 14.3. The smallest absolute Gasteiger partial charge is 0.254 e. The van der Waals surface area contributed by atoms with E-state index in [0.29, 0.717) is 6.61 Å². The molecule has 1 aromatic rings. The number of hydrogen-bond donors (Lipinski definition) is 1. The van der Waals surface area contributed by atoms with Gasteiger partial charge in [-0.05, 0) is 32.2 Å². The van der Waals surface area contributed by atoms with Crippen LogP contribution in [0.3, 0.4) is 0 Å². The van der Waals surface area contributed by atoms with Gasteiger partial charge in [-0.15, -0.1) is 0 Å². The van der Waals surface area contributed by atoms with Gasteiger partial charge < -0.3 is 15.0 Å². The van der Waals surface area contributed by atoms with Gasteiger partial charge in [0.1, 0.15) is 0 Å². The van der Waals surface area contributed by atoms with E-state index in [9.17, 15) is 4.79 Å². The maximum Gasteiger partial charge on any atom is 0.254 e. The average Bonchev–Trinajstić information content (AvgIpc) is 3.18. The highest BCUT2D eigenvalue weighted by molar-refractivity contribution is 5.95. The number of ether oxygens (including phenoxy) is 1. The summed E-state index contributed by atoms with van der Waals surface area (Å²) in [6.45, 7) is 6.97. The molecule has 23 heavy (non-hydrogen) atoms. The molecule has 0 unspecified atom stereocenters. The highest BCUT2D eigenvalue weighted by Crippen LogP contribution is 2.26. The molecule has 0 aromatic carbocycles. The molecule has 128 valence electrons. The average molecular weight is 320 g/mol. The fraction of sp³-hybridized carbons (Fsp3) is 0.765. The number of hydrogen-bond acceptors (Lipinski definition) is 4. The Kier molecular flexibility index (Phi) is 5.33. The summed E-state index contributed by atoms with van der Waals surface area (Å²) >= 11 is 0. The summed E-state index contributed by atoms with van der Waals surface area (Å²) in [4.78, 5) is 15.2. The van der Waals surface area contributed by atoms with Crippen molar-refractivity contribution in [3.05, 3.63) is 17.5 Å². The molecular weight excluding hydrogens is 292 g/mol. The minimum absolute atomic E-state index is 0.0222. The van der Waals surface area contributed by atoms with Gasteiger partial charge in [-0.3, -0.25) is 9.48 Å². The fourth-order valence-electron chi connectivity index (χ4n) is 3.61. The Hall–Kier alpha value is -1.40. The van der Waals surface area contributed by atoms with Crippen molar-refractivity contribution in [3.8, 4) is 0 Å². The van der Waals surface area contributed by atoms with Crippen LogP contribution in [0.5, 0.6) is 0 Å². The van der Waals surface area contributed by atoms with Gasteiger partial charge in [0, 0.05) is 44.9 Å². The number of likely N-dealkylation sites (tertiary alicyclic amines) is 1. The fourth-order valence-corrected chi connectivity index (χ4v) is 3.61. The number of rotatable bonds is 5. The standard InChI is InChI=1S/C17H28N4O2/c1-3-7-21-8-4-14(5-9-21)18-17(22)15-11-20(2)19-16(15)13-6-10-23-12-13/h11,13-14H,3-10,12H2,1-2H3,(H,18,22)/t13-/m1/s1. The van der Waals surface area contributed by atoms with Gasteiger partial charge in [0.05, 0.1) is 17.9 Å². The Bertz CT molecular complexity index is 529. The number of aromatic nitrogens is 2. The molecule has 3 heterocycles. The second kappa shape index (κ2) is 7.45. The molecule has 0 spiro atoms. The molecular formula is C17H28N4O2. The third kappa shape index (κ3) is 3.93. The summed E-state index contributed by atoms with van der Waals surface area (Å²) < 4.78 is 7.20. The second-order valence-electron chi connectivity index (χ2n) is 6.75. The molecule has 6 heteroatoms. The van der Waals surface area contributed by atoms with Gasteiger partial charge in [0.25, 0.3) is 5.91 Å². The first-order chi connectivity index (χ1) is 11.2. The largest absolute Gasteiger partial charge is 0.381 e. The van der Waals surface area contributed by atoms with Crippen molar-refractivity contribution in [1.29, 1.82) is 0 Å². The van der Waals surface area contributed by atoms with Crippen LogP contribution < -0.4 is 5.32 Å². The molecule has 0 bridgehead atoms. The van der Waals surface area contributed by atoms with Crippen LogP contribution in [0, 0.1) is 0 Å². The molecule has 1 atom stereocenters. The van der Waals surface area contributed by atoms with Gasteiger partial charge >= 0.3 is 0 Å². The zero-order chi connectivity index (χ0) is 16.2. The highest BCUT2D eigenvalue weighted by Gasteiger charge is 2.28. The summed E-state index contributed by atoms with van der Waals surface area (Å²) in [5, 5.41) is 7.73. The minimum atomic E-state index is 0.0222. The third-order valence-electron chi connectivity index (χ3n) is 4.88. The lowest BCUT2D eigenvalue weighted by atomic mass is 10.00. The quantitative estimate of drug-likeness (QED) is 0.894. The molecule has 0 saturated carbocycles. The van der Waals surface area contributed by atoms with Crippen molar-refractivity contribution in [2.24, 2.45) is 7.05 Å². The first-order valence-corrected chi connectivity index (χ1v) is 8.82. The van der Waals surface area contributed by atoms with E-state index in [2.05, 4.69) is 22.2 Å². The lowest BCUT2D eigenvalue weighted by Gasteiger charge is -2.32. The Morgan fingerprint density at radius 1 is 1.39 bits per heavy atom. The van der Waals surface area contributed by atoms with E-state index >= 15 is 0 Å². The van der Waals surface area contributed by atoms with E-state index in [1.807, 2.05) is 13.2 Å². The van der Waals surface area contributed by atoms with Gasteiger partial charge in [0.15, 0.2) is 0 Å². The number of aryl methyl sites for hydroxylation is 1. The van der Waals surface area contributed by atoms with E-state index in [-0.39, 0.29) is 17.9 Å². The monoisotopic (exact) mass is 320 g/mol. The van der Waals surface area contributed by atoms with Crippen LogP contribution in [0.4, 0.5) is 0 Å². The Morgan fingerprint density at radius 2 is 2.17 bits per heavy atom. The van der Waals surface area contributed by atoms with Crippen LogP contribution in [-0.4, -0.2) is 59.5 Å². The second-order valence-corrected chi connectivity index (χ2v) is 6.75. The maximum absolute atomic E-state index is 12.7. The first kappa shape index (κ1) is 16.5. The van der Waals surface area contributed by atoms with Crippen LogP contribution in [0.1, 0.15) is 54.6 Å². The van der Waals surface area contributed by atoms with E-state index < -0.39 is 0 Å². The topological polar surface area (TPSA) is 59.4 Å². The molecule has 2 saturated heterocycles. The summed E-state index contributed by atoms with van der Waals surface area (Å²) in [5.41, 5.74) is 1.62. The SMILES string of the molecule is CCCN1CCC(NC(=O)c2cn(C)nc2[C@@H]2CCOC2)CC1. The Morgan fingerprint density at radius 3 is 2.83 bits per heavy atom. The van der Waals surface area contributed by atoms with Crippen molar-refractivity contribution < 1.29 is 9.53 Å². The minimum Gasteiger partial charge on any atom is -0.381 e. The van der Waals surface area contributed by atoms with Crippen LogP contribution >= 0.6 is 0 Å². The number of nitrogens with zero attached hydrogens (tertiary/aromatic N) is 3. The molecule has 6 nitrogen and oxygen atoms in total. The summed E-state index contributed by atoms with van der Waals surface area (Å²) in [6.07, 6.45) is 6.06. The third-order valence-corrected chi connectivity index (χ3v) is 4.88. The Labute approximate surface area is 138 Å². The van der Waals surface area contributed by atoms with Gasteiger partial charge in [-0.25, -0.2) is 0 Å². The highest BCUT2D eigenvalue weighted by atomic mass is 16.5. The van der Waals surface area contributed by atoms with Gasteiger partial charge in [-0.1, -0.05) is 6.92 Å². The summed E-state index contributed by atoms with van der Waals surface area (Å²) in [6, 6.07) is 0.281. The number of carbonyl (C=O) groups is 1. The molecule has 1 aromatic heterocycles. The normalized spacial score (nSPS) is 23.3. The van der Waals surface area contributed by atoms with Crippen molar-refractivity contribution in [1.82, 2.24) is 20.0 Å². The number of amides is 1. The predicted molar refractivity (Wildman–Crippen MR) is 88.6 cm³/mol. The lowest BCUT2D eigenvalue weighted by molar-refractivity contribution is 0.0909. The molecule has 0 aliphatic carbocycles. The van der Waals surface area contributed by atoms with E-state index in [4.69, 9.17) is 4.74 Å². The first-order valence-electron chi connectivity index (χ1n) is 8.82. The predicted octanol–water partition coefficient (Wildman–Crippen LogP) is 1.53. The molecule has 3 rings (SSSR count). The van der Waals surface area contributed by atoms with E-state index in [0.717, 1.165) is 56.8 Å². The van der Waals surface area contributed by atoms with Crippen LogP contribution in [0.25, 0.3) is 0 Å². The van der Waals surface area contributed by atoms with Gasteiger partial charge in [-0.2, -0.15) is 5.10 Å². The molecule has 2 aliphatic heterocycles. The summed E-state index contributed by atoms with van der Waals surface area (Å²) in [7, 11) is 1.87. The molecule has 0 radical (unpaired) electrons. The van der Waals surface area contributed by atoms with Crippen molar-refractivity contribution in [2.75, 3.05) is 32.8 Å². The number of nitrogens with one attached hydrogen (secondary N) is 1. The van der Waals surface area contributed by atoms with Crippen molar-refractivity contribution >= 4 is 5.91 Å². The van der Waals surface area contributed by atoms with Crippen LogP contribution in [0.15, 0.2) is 6.20 Å².